The second-order valence-electron chi connectivity index (χ2n) is 8.14. The van der Waals surface area contributed by atoms with Gasteiger partial charge in [-0.1, -0.05) is 60.7 Å². The first-order valence-corrected chi connectivity index (χ1v) is 10.1. The monoisotopic (exact) mass is 394 g/mol. The molecule has 2 aromatic rings. The molecule has 1 aliphatic heterocycles. The van der Waals surface area contributed by atoms with Gasteiger partial charge >= 0.3 is 0 Å². The first-order chi connectivity index (χ1) is 14.0. The van der Waals surface area contributed by atoms with Gasteiger partial charge in [-0.05, 0) is 24.5 Å². The molecule has 4 unspecified atom stereocenters. The van der Waals surface area contributed by atoms with Crippen LogP contribution in [0.1, 0.15) is 37.3 Å². The van der Waals surface area contributed by atoms with Crippen LogP contribution in [-0.4, -0.2) is 29.0 Å². The summed E-state index contributed by atoms with van der Waals surface area (Å²) in [6.45, 7) is 2.00. The lowest BCUT2D eigenvalue weighted by atomic mass is 9.78. The Morgan fingerprint density at radius 2 is 1.62 bits per heavy atom. The van der Waals surface area contributed by atoms with Crippen molar-refractivity contribution < 1.29 is 9.72 Å². The molecular formula is C22H26N4O3. The van der Waals surface area contributed by atoms with Gasteiger partial charge in [0.1, 0.15) is 6.04 Å². The van der Waals surface area contributed by atoms with Crippen molar-refractivity contribution in [2.45, 2.75) is 49.9 Å². The Balaban J connectivity index is 1.60. The lowest BCUT2D eigenvalue weighted by molar-refractivity contribution is -0.528. The fourth-order valence-corrected chi connectivity index (χ4v) is 4.66. The highest BCUT2D eigenvalue weighted by atomic mass is 16.6. The van der Waals surface area contributed by atoms with Crippen LogP contribution >= 0.6 is 0 Å². The maximum Gasteiger partial charge on any atom is 0.239 e. The van der Waals surface area contributed by atoms with E-state index in [-0.39, 0.29) is 22.8 Å². The Kier molecular flexibility index (Phi) is 5.34. The van der Waals surface area contributed by atoms with Crippen molar-refractivity contribution in [3.05, 3.63) is 81.9 Å². The van der Waals surface area contributed by atoms with Crippen LogP contribution < -0.4 is 16.2 Å². The summed E-state index contributed by atoms with van der Waals surface area (Å²) in [4.78, 5) is 24.4. The molecule has 29 heavy (non-hydrogen) atoms. The molecule has 1 saturated heterocycles. The number of hydrogen-bond donors (Lipinski definition) is 3. The highest BCUT2D eigenvalue weighted by Crippen LogP contribution is 2.34. The molecule has 4 rings (SSSR count). The minimum absolute atomic E-state index is 0.0849. The predicted octanol–water partition coefficient (Wildman–Crippen LogP) is 2.36. The van der Waals surface area contributed by atoms with Crippen molar-refractivity contribution >= 4 is 5.91 Å². The lowest BCUT2D eigenvalue weighted by Gasteiger charge is -2.35. The smallest absolute Gasteiger partial charge is 0.239 e. The van der Waals surface area contributed by atoms with Gasteiger partial charge < -0.3 is 5.32 Å². The zero-order valence-electron chi connectivity index (χ0n) is 16.4. The van der Waals surface area contributed by atoms with Crippen LogP contribution in [0.3, 0.4) is 0 Å². The van der Waals surface area contributed by atoms with Gasteiger partial charge in [0.2, 0.25) is 11.9 Å². The topological polar surface area (TPSA) is 96.3 Å². The van der Waals surface area contributed by atoms with E-state index < -0.39 is 17.6 Å². The largest absolute Gasteiger partial charge is 0.341 e. The molecule has 2 fully saturated rings. The normalized spacial score (nSPS) is 26.5. The summed E-state index contributed by atoms with van der Waals surface area (Å²) in [7, 11) is 0. The van der Waals surface area contributed by atoms with E-state index in [1.54, 1.807) is 0 Å². The number of nitrogens with one attached hydrogen (secondary N) is 3. The van der Waals surface area contributed by atoms with Crippen LogP contribution in [0.15, 0.2) is 60.7 Å². The summed E-state index contributed by atoms with van der Waals surface area (Å²) in [5.41, 5.74) is 7.53. The molecule has 1 aliphatic carbocycles. The third kappa shape index (κ3) is 3.75. The molecule has 1 heterocycles. The molecule has 2 aromatic carbocycles. The highest BCUT2D eigenvalue weighted by molar-refractivity contribution is 5.84. The molecule has 0 bridgehead atoms. The second kappa shape index (κ2) is 7.93. The van der Waals surface area contributed by atoms with E-state index in [2.05, 4.69) is 16.2 Å². The number of fused-ring (bicyclic) bond motifs is 1. The van der Waals surface area contributed by atoms with Crippen molar-refractivity contribution in [1.29, 1.82) is 0 Å². The Labute approximate surface area is 170 Å². The van der Waals surface area contributed by atoms with Crippen molar-refractivity contribution in [3.63, 3.8) is 0 Å². The SMILES string of the molecule is CC(NC(=O)C1NNC2CCC([N+](=O)[O-])CC21)(c1ccccc1)c1ccccc1. The number of amides is 1. The molecule has 0 radical (unpaired) electrons. The van der Waals surface area contributed by atoms with Gasteiger partial charge in [-0.3, -0.25) is 20.3 Å². The molecule has 1 saturated carbocycles. The maximum absolute atomic E-state index is 13.4. The summed E-state index contributed by atoms with van der Waals surface area (Å²) in [6, 6.07) is 18.7. The molecule has 0 spiro atoms. The van der Waals surface area contributed by atoms with Crippen molar-refractivity contribution in [3.8, 4) is 0 Å². The van der Waals surface area contributed by atoms with Crippen LogP contribution in [0.4, 0.5) is 0 Å². The third-order valence-corrected chi connectivity index (χ3v) is 6.38. The quantitative estimate of drug-likeness (QED) is 0.534. The molecule has 1 amide bonds. The predicted molar refractivity (Wildman–Crippen MR) is 109 cm³/mol. The molecule has 0 aromatic heterocycles. The molecule has 4 atom stereocenters. The van der Waals surface area contributed by atoms with Gasteiger partial charge in [0, 0.05) is 29.7 Å². The van der Waals surface area contributed by atoms with Crippen LogP contribution in [0.2, 0.25) is 0 Å². The molecule has 7 heteroatoms. The molecule has 152 valence electrons. The number of nitro groups is 1. The average molecular weight is 394 g/mol. The number of rotatable bonds is 5. The van der Waals surface area contributed by atoms with Crippen molar-refractivity contribution in [2.75, 3.05) is 0 Å². The summed E-state index contributed by atoms with van der Waals surface area (Å²) in [6.07, 6.45) is 1.65. The van der Waals surface area contributed by atoms with E-state index in [4.69, 9.17) is 0 Å². The molecule has 7 nitrogen and oxygen atoms in total. The van der Waals surface area contributed by atoms with Gasteiger partial charge in [0.15, 0.2) is 0 Å². The Morgan fingerprint density at radius 3 is 2.17 bits per heavy atom. The molecule has 3 N–H and O–H groups in total. The number of nitrogens with zero attached hydrogens (tertiary/aromatic N) is 1. The second-order valence-corrected chi connectivity index (χ2v) is 8.14. The summed E-state index contributed by atoms with van der Waals surface area (Å²) in [5, 5.41) is 14.5. The minimum atomic E-state index is -0.712. The van der Waals surface area contributed by atoms with Crippen LogP contribution in [-0.2, 0) is 10.3 Å². The van der Waals surface area contributed by atoms with E-state index in [0.717, 1.165) is 11.1 Å². The van der Waals surface area contributed by atoms with Gasteiger partial charge in [0.05, 0.1) is 5.54 Å². The van der Waals surface area contributed by atoms with E-state index in [9.17, 15) is 14.9 Å². The Morgan fingerprint density at radius 1 is 1.03 bits per heavy atom. The fraction of sp³-hybridized carbons (Fsp3) is 0.409. The maximum atomic E-state index is 13.4. The Bertz CT molecular complexity index is 835. The van der Waals surface area contributed by atoms with Crippen molar-refractivity contribution in [1.82, 2.24) is 16.2 Å². The number of hydrogen-bond acceptors (Lipinski definition) is 5. The number of benzene rings is 2. The first kappa shape index (κ1) is 19.5. The minimum Gasteiger partial charge on any atom is -0.341 e. The summed E-state index contributed by atoms with van der Waals surface area (Å²) >= 11 is 0. The van der Waals surface area contributed by atoms with E-state index in [0.29, 0.717) is 19.3 Å². The fourth-order valence-electron chi connectivity index (χ4n) is 4.66. The summed E-state index contributed by atoms with van der Waals surface area (Å²) < 4.78 is 0. The summed E-state index contributed by atoms with van der Waals surface area (Å²) in [5.74, 6) is -0.251. The Hall–Kier alpha value is -2.77. The highest BCUT2D eigenvalue weighted by Gasteiger charge is 2.47. The van der Waals surface area contributed by atoms with Gasteiger partial charge in [-0.15, -0.1) is 0 Å². The van der Waals surface area contributed by atoms with Gasteiger partial charge in [0.25, 0.3) is 0 Å². The van der Waals surface area contributed by atoms with Gasteiger partial charge in [-0.2, -0.15) is 0 Å². The van der Waals surface area contributed by atoms with E-state index >= 15 is 0 Å². The third-order valence-electron chi connectivity index (χ3n) is 6.38. The standard InChI is InChI=1S/C22H26N4O3/c1-22(15-8-4-2-5-9-15,16-10-6-3-7-11-16)23-21(27)20-18-14-17(26(28)29)12-13-19(18)24-25-20/h2-11,17-20,24-25H,12-14H2,1H3,(H,23,27). The zero-order valence-corrected chi connectivity index (χ0v) is 16.4. The number of carbonyl (C=O) groups is 1. The molecule has 2 aliphatic rings. The average Bonchev–Trinajstić information content (AvgIpc) is 3.18. The number of hydrazine groups is 1. The number of carbonyl (C=O) groups excluding carboxylic acids is 1. The van der Waals surface area contributed by atoms with Crippen molar-refractivity contribution in [2.24, 2.45) is 5.92 Å². The van der Waals surface area contributed by atoms with Gasteiger partial charge in [-0.25, -0.2) is 5.43 Å². The van der Waals surface area contributed by atoms with Crippen LogP contribution in [0.5, 0.6) is 0 Å². The van der Waals surface area contributed by atoms with Crippen LogP contribution in [0.25, 0.3) is 0 Å². The molecular weight excluding hydrogens is 368 g/mol. The first-order valence-electron chi connectivity index (χ1n) is 10.1. The lowest BCUT2D eigenvalue weighted by Crippen LogP contribution is -2.53. The van der Waals surface area contributed by atoms with E-state index in [1.807, 2.05) is 67.6 Å². The van der Waals surface area contributed by atoms with E-state index in [1.165, 1.54) is 0 Å². The zero-order chi connectivity index (χ0) is 20.4. The van der Waals surface area contributed by atoms with Crippen LogP contribution in [0, 0.1) is 16.0 Å².